The number of anilines is 2. The van der Waals surface area contributed by atoms with Gasteiger partial charge in [0.2, 0.25) is 0 Å². The topological polar surface area (TPSA) is 83.5 Å². The van der Waals surface area contributed by atoms with E-state index in [1.165, 1.54) is 6.20 Å². The van der Waals surface area contributed by atoms with Crippen molar-refractivity contribution in [1.82, 2.24) is 4.98 Å². The Morgan fingerprint density at radius 3 is 2.78 bits per heavy atom. The molecule has 2 aromatic rings. The van der Waals surface area contributed by atoms with E-state index in [0.29, 0.717) is 5.69 Å². The number of benzene rings is 1. The number of aromatic nitrogens is 1. The first-order valence-electron chi connectivity index (χ1n) is 6.81. The molecule has 0 bridgehead atoms. The highest BCUT2D eigenvalue weighted by atomic mass is 16.5. The summed E-state index contributed by atoms with van der Waals surface area (Å²) in [6, 6.07) is 7.35. The van der Waals surface area contributed by atoms with E-state index in [1.807, 2.05) is 24.3 Å². The Hall–Kier alpha value is -3.28. The van der Waals surface area contributed by atoms with Gasteiger partial charge in [-0.15, -0.1) is 0 Å². The summed E-state index contributed by atoms with van der Waals surface area (Å²) in [5.41, 5.74) is 2.83. The molecule has 0 saturated heterocycles. The summed E-state index contributed by atoms with van der Waals surface area (Å²) in [5, 5.41) is 15.1. The molecule has 0 spiro atoms. The van der Waals surface area contributed by atoms with Crippen molar-refractivity contribution in [1.29, 1.82) is 0 Å². The fourth-order valence-corrected chi connectivity index (χ4v) is 1.95. The van der Waals surface area contributed by atoms with Crippen LogP contribution in [0.5, 0.6) is 0 Å². The quantitative estimate of drug-likeness (QED) is 0.555. The molecular formula is C17H17N3O3. The van der Waals surface area contributed by atoms with Crippen LogP contribution < -0.4 is 10.6 Å². The number of allylic oxidation sites excluding steroid dienone is 3. The summed E-state index contributed by atoms with van der Waals surface area (Å²) in [4.78, 5) is 14.9. The van der Waals surface area contributed by atoms with Crippen molar-refractivity contribution in [2.24, 2.45) is 0 Å². The van der Waals surface area contributed by atoms with Gasteiger partial charge < -0.3 is 15.2 Å². The number of hydrogen-bond acceptors (Lipinski definition) is 4. The largest absolute Gasteiger partial charge is 0.504 e. The summed E-state index contributed by atoms with van der Waals surface area (Å²) in [6.07, 6.45) is 7.17. The lowest BCUT2D eigenvalue weighted by atomic mass is 10.2. The normalized spacial score (nSPS) is 11.4. The zero-order valence-electron chi connectivity index (χ0n) is 12.6. The van der Waals surface area contributed by atoms with Crippen molar-refractivity contribution < 1.29 is 14.6 Å². The zero-order chi connectivity index (χ0) is 16.7. The monoisotopic (exact) mass is 311 g/mol. The summed E-state index contributed by atoms with van der Waals surface area (Å²) in [7, 11) is 1.57. The van der Waals surface area contributed by atoms with Crippen LogP contribution in [0.4, 0.5) is 16.2 Å². The predicted octanol–water partition coefficient (Wildman–Crippen LogP) is 3.97. The Morgan fingerprint density at radius 1 is 1.30 bits per heavy atom. The first-order valence-corrected chi connectivity index (χ1v) is 6.81. The Bertz CT molecular complexity index is 782. The third-order valence-electron chi connectivity index (χ3n) is 2.93. The number of nitrogens with one attached hydrogen (secondary N) is 2. The second kappa shape index (κ2) is 7.65. The van der Waals surface area contributed by atoms with Crippen LogP contribution in [0.1, 0.15) is 0 Å². The van der Waals surface area contributed by atoms with Crippen LogP contribution in [0.3, 0.4) is 0 Å². The summed E-state index contributed by atoms with van der Waals surface area (Å²) >= 11 is 0. The fraction of sp³-hybridized carbons (Fsp3) is 0.0588. The van der Waals surface area contributed by atoms with Crippen molar-refractivity contribution in [3.05, 3.63) is 67.2 Å². The van der Waals surface area contributed by atoms with Gasteiger partial charge in [0.15, 0.2) is 0 Å². The maximum absolute atomic E-state index is 10.7. The van der Waals surface area contributed by atoms with Crippen LogP contribution in [0, 0.1) is 0 Å². The highest BCUT2D eigenvalue weighted by Gasteiger charge is 2.03. The predicted molar refractivity (Wildman–Crippen MR) is 91.4 cm³/mol. The summed E-state index contributed by atoms with van der Waals surface area (Å²) in [5.74, 6) is 0. The van der Waals surface area contributed by atoms with Gasteiger partial charge in [-0.1, -0.05) is 6.58 Å². The average molecular weight is 311 g/mol. The Balaban J connectivity index is 2.27. The second-order valence-corrected chi connectivity index (χ2v) is 4.58. The minimum atomic E-state index is -1.12. The van der Waals surface area contributed by atoms with E-state index in [0.717, 1.165) is 22.3 Å². The van der Waals surface area contributed by atoms with Crippen molar-refractivity contribution >= 4 is 28.4 Å². The molecule has 0 fully saturated rings. The number of methoxy groups -OCH3 is 1. The van der Waals surface area contributed by atoms with Crippen LogP contribution in [0.15, 0.2) is 67.2 Å². The van der Waals surface area contributed by atoms with Gasteiger partial charge in [-0.2, -0.15) is 0 Å². The third-order valence-corrected chi connectivity index (χ3v) is 2.93. The number of carbonyl (C=O) groups is 1. The Morgan fingerprint density at radius 2 is 2.09 bits per heavy atom. The highest BCUT2D eigenvalue weighted by Crippen LogP contribution is 2.21. The van der Waals surface area contributed by atoms with Crippen molar-refractivity contribution in [3.63, 3.8) is 0 Å². The van der Waals surface area contributed by atoms with E-state index < -0.39 is 6.09 Å². The zero-order valence-corrected chi connectivity index (χ0v) is 12.6. The first-order chi connectivity index (χ1) is 11.1. The molecular weight excluding hydrogens is 294 g/mol. The highest BCUT2D eigenvalue weighted by molar-refractivity contribution is 5.89. The lowest BCUT2D eigenvalue weighted by Gasteiger charge is -2.08. The van der Waals surface area contributed by atoms with Crippen molar-refractivity contribution in [3.8, 4) is 0 Å². The first kappa shape index (κ1) is 16.1. The van der Waals surface area contributed by atoms with Gasteiger partial charge in [0.05, 0.1) is 30.8 Å². The maximum Gasteiger partial charge on any atom is 0.409 e. The van der Waals surface area contributed by atoms with Gasteiger partial charge >= 0.3 is 6.09 Å². The lowest BCUT2D eigenvalue weighted by molar-refractivity contribution is 0.209. The minimum Gasteiger partial charge on any atom is -0.504 e. The number of fused-ring (bicyclic) bond motifs is 1. The molecule has 0 saturated carbocycles. The number of carboxylic acid groups (broad SMARTS) is 1. The Labute approximate surface area is 133 Å². The average Bonchev–Trinajstić information content (AvgIpc) is 2.53. The standard InChI is InChI=1S/C17H17N3O3/c1-3-13(5-4-8-23-2)19-14-6-7-16-12(9-14)10-15(11-18-16)20-17(21)22/h3-11,19-20H,1H2,2H3,(H,21,22)/b8-4-,13-5+. The summed E-state index contributed by atoms with van der Waals surface area (Å²) < 4.78 is 4.84. The molecule has 2 rings (SSSR count). The number of nitrogens with zero attached hydrogens (tertiary/aromatic N) is 1. The molecule has 0 radical (unpaired) electrons. The molecule has 3 N–H and O–H groups in total. The number of ether oxygens (including phenoxy) is 1. The van der Waals surface area contributed by atoms with Crippen LogP contribution in [-0.4, -0.2) is 23.3 Å². The number of rotatable bonds is 6. The molecule has 1 aromatic heterocycles. The maximum atomic E-state index is 10.7. The molecule has 1 aromatic carbocycles. The lowest BCUT2D eigenvalue weighted by Crippen LogP contribution is -2.07. The molecule has 0 atom stereocenters. The fourth-order valence-electron chi connectivity index (χ4n) is 1.95. The van der Waals surface area contributed by atoms with Gasteiger partial charge in [0, 0.05) is 16.8 Å². The van der Waals surface area contributed by atoms with Crippen LogP contribution in [-0.2, 0) is 4.74 Å². The second-order valence-electron chi connectivity index (χ2n) is 4.58. The van der Waals surface area contributed by atoms with Crippen LogP contribution in [0.25, 0.3) is 10.9 Å². The molecule has 0 aliphatic heterocycles. The molecule has 0 aliphatic rings. The molecule has 1 heterocycles. The Kier molecular flexibility index (Phi) is 5.35. The van der Waals surface area contributed by atoms with E-state index in [4.69, 9.17) is 9.84 Å². The molecule has 0 unspecified atom stereocenters. The van der Waals surface area contributed by atoms with Gasteiger partial charge in [-0.05, 0) is 42.5 Å². The molecule has 23 heavy (non-hydrogen) atoms. The SMILES string of the molecule is C=C/C(=C\C=C/OC)Nc1ccc2ncc(NC(=O)O)cc2c1. The van der Waals surface area contributed by atoms with E-state index in [1.54, 1.807) is 31.6 Å². The minimum absolute atomic E-state index is 0.421. The van der Waals surface area contributed by atoms with E-state index >= 15 is 0 Å². The van der Waals surface area contributed by atoms with Crippen molar-refractivity contribution in [2.75, 3.05) is 17.7 Å². The molecule has 6 nitrogen and oxygen atoms in total. The third kappa shape index (κ3) is 4.60. The van der Waals surface area contributed by atoms with E-state index in [-0.39, 0.29) is 0 Å². The molecule has 6 heteroatoms. The smallest absolute Gasteiger partial charge is 0.409 e. The summed E-state index contributed by atoms with van der Waals surface area (Å²) in [6.45, 7) is 3.75. The van der Waals surface area contributed by atoms with E-state index in [9.17, 15) is 4.79 Å². The van der Waals surface area contributed by atoms with Gasteiger partial charge in [0.25, 0.3) is 0 Å². The molecule has 118 valence electrons. The van der Waals surface area contributed by atoms with Gasteiger partial charge in [-0.25, -0.2) is 4.79 Å². The molecule has 1 amide bonds. The van der Waals surface area contributed by atoms with Crippen LogP contribution >= 0.6 is 0 Å². The molecule has 0 aliphatic carbocycles. The number of hydrogen-bond donors (Lipinski definition) is 3. The van der Waals surface area contributed by atoms with E-state index in [2.05, 4.69) is 22.2 Å². The van der Waals surface area contributed by atoms with Crippen LogP contribution in [0.2, 0.25) is 0 Å². The van der Waals surface area contributed by atoms with Gasteiger partial charge in [0.1, 0.15) is 0 Å². The van der Waals surface area contributed by atoms with Gasteiger partial charge in [-0.3, -0.25) is 10.3 Å². The number of pyridine rings is 1. The number of amides is 1. The van der Waals surface area contributed by atoms with Crippen molar-refractivity contribution in [2.45, 2.75) is 0 Å².